The Morgan fingerprint density at radius 3 is 2.69 bits per heavy atom. The minimum atomic E-state index is -1.45. The highest BCUT2D eigenvalue weighted by molar-refractivity contribution is 5.43. The van der Waals surface area contributed by atoms with Gasteiger partial charge in [0.2, 0.25) is 0 Å². The van der Waals surface area contributed by atoms with E-state index in [9.17, 15) is 14.6 Å². The molecule has 0 unspecified atom stereocenters. The second-order valence-corrected chi connectivity index (χ2v) is 9.32. The van der Waals surface area contributed by atoms with Gasteiger partial charge in [0.1, 0.15) is 36.2 Å². The first kappa shape index (κ1) is 25.9. The predicted molar refractivity (Wildman–Crippen MR) is 133 cm³/mol. The summed E-state index contributed by atoms with van der Waals surface area (Å²) in [6.45, 7) is 6.06. The molecule has 2 aromatic carbocycles. The Hall–Kier alpha value is -3.14. The van der Waals surface area contributed by atoms with Gasteiger partial charge in [-0.15, -0.1) is 0 Å². The zero-order valence-corrected chi connectivity index (χ0v) is 21.0. The molecule has 0 amide bonds. The van der Waals surface area contributed by atoms with Crippen LogP contribution in [0.3, 0.4) is 0 Å². The third kappa shape index (κ3) is 6.16. The van der Waals surface area contributed by atoms with Gasteiger partial charge in [-0.25, -0.2) is 9.37 Å². The molecule has 1 aliphatic rings. The number of β-amino-alcohol motifs (C(OH)–C–C–N with tert-alkyl or cyclic N) is 1. The van der Waals surface area contributed by atoms with Crippen LogP contribution >= 0.6 is 0 Å². The van der Waals surface area contributed by atoms with Crippen molar-refractivity contribution >= 4 is 0 Å². The molecule has 0 radical (unpaired) electrons. The molecule has 2 N–H and O–H groups in total. The van der Waals surface area contributed by atoms with Gasteiger partial charge in [0.15, 0.2) is 11.5 Å². The summed E-state index contributed by atoms with van der Waals surface area (Å²) in [4.78, 5) is 6.30. The molecule has 4 rings (SSSR count). The fourth-order valence-electron chi connectivity index (χ4n) is 4.42. The van der Waals surface area contributed by atoms with Gasteiger partial charge in [0, 0.05) is 32.0 Å². The fraction of sp³-hybridized carbons (Fsp3) is 0.444. The second kappa shape index (κ2) is 11.3. The van der Waals surface area contributed by atoms with Gasteiger partial charge in [-0.3, -0.25) is 4.90 Å². The monoisotopic (exact) mass is 499 g/mol. The zero-order chi connectivity index (χ0) is 25.7. The van der Waals surface area contributed by atoms with Crippen LogP contribution in [0.4, 0.5) is 4.39 Å². The molecule has 36 heavy (non-hydrogen) atoms. The Morgan fingerprint density at radius 1 is 1.14 bits per heavy atom. The first-order valence-corrected chi connectivity index (χ1v) is 12.1. The summed E-state index contributed by atoms with van der Waals surface area (Å²) in [7, 11) is 1.61. The molecule has 2 heterocycles. The number of benzene rings is 2. The number of aliphatic hydroxyl groups is 2. The number of rotatable bonds is 10. The number of aryl methyl sites for hydroxylation is 2. The van der Waals surface area contributed by atoms with Gasteiger partial charge in [0.05, 0.1) is 19.8 Å². The van der Waals surface area contributed by atoms with Crippen LogP contribution in [-0.2, 0) is 13.1 Å². The first-order chi connectivity index (χ1) is 17.3. The first-order valence-electron chi connectivity index (χ1n) is 12.1. The van der Waals surface area contributed by atoms with Crippen molar-refractivity contribution in [3.8, 4) is 17.2 Å². The highest BCUT2D eigenvalue weighted by atomic mass is 19.1. The molecule has 1 fully saturated rings. The van der Waals surface area contributed by atoms with Crippen LogP contribution in [0.5, 0.6) is 17.2 Å². The van der Waals surface area contributed by atoms with Gasteiger partial charge >= 0.3 is 0 Å². The van der Waals surface area contributed by atoms with Crippen molar-refractivity contribution in [3.05, 3.63) is 71.6 Å². The zero-order valence-electron chi connectivity index (χ0n) is 21.0. The molecule has 0 spiro atoms. The SMILES string of the molecule is COc1ccc(CN2CC[C@H](O)[C@@](O)(COc3ccc(F)c(C)c3)C2)cc1OCCn1ccnc1C. The van der Waals surface area contributed by atoms with E-state index in [1.807, 2.05) is 35.9 Å². The standard InChI is InChI=1S/C27H34FN3O5/c1-19-14-22(5-6-23(19)28)36-18-27(33)17-30(10-8-26(27)32)16-21-4-7-24(34-3)25(15-21)35-13-12-31-11-9-29-20(31)2/h4-7,9,11,14-15,26,32-33H,8,10,12-13,16-18H2,1-3H3/t26-,27-/m0/s1. The highest BCUT2D eigenvalue weighted by Gasteiger charge is 2.42. The number of nitrogens with zero attached hydrogens (tertiary/aromatic N) is 3. The van der Waals surface area contributed by atoms with Crippen LogP contribution in [0.1, 0.15) is 23.4 Å². The average Bonchev–Trinajstić information content (AvgIpc) is 3.27. The van der Waals surface area contributed by atoms with Gasteiger partial charge in [-0.05, 0) is 61.7 Å². The lowest BCUT2D eigenvalue weighted by Crippen LogP contribution is -2.59. The maximum Gasteiger partial charge on any atom is 0.161 e. The van der Waals surface area contributed by atoms with Crippen LogP contribution < -0.4 is 14.2 Å². The third-order valence-electron chi connectivity index (χ3n) is 6.60. The summed E-state index contributed by atoms with van der Waals surface area (Å²) in [5, 5.41) is 21.7. The second-order valence-electron chi connectivity index (χ2n) is 9.32. The molecule has 194 valence electrons. The van der Waals surface area contributed by atoms with Crippen LogP contribution in [0, 0.1) is 19.7 Å². The van der Waals surface area contributed by atoms with Crippen LogP contribution in [0.25, 0.3) is 0 Å². The Balaban J connectivity index is 1.38. The summed E-state index contributed by atoms with van der Waals surface area (Å²) in [5.41, 5.74) is 0.0103. The van der Waals surface area contributed by atoms with Gasteiger partial charge in [0.25, 0.3) is 0 Å². The van der Waals surface area contributed by atoms with E-state index in [0.717, 1.165) is 11.4 Å². The normalized spacial score (nSPS) is 20.3. The minimum Gasteiger partial charge on any atom is -0.493 e. The molecule has 2 atom stereocenters. The van der Waals surface area contributed by atoms with E-state index < -0.39 is 11.7 Å². The summed E-state index contributed by atoms with van der Waals surface area (Å²) in [6, 6.07) is 10.2. The fourth-order valence-corrected chi connectivity index (χ4v) is 4.42. The molecule has 0 saturated carbocycles. The van der Waals surface area contributed by atoms with Crippen molar-refractivity contribution in [2.75, 3.05) is 33.4 Å². The molecule has 1 saturated heterocycles. The third-order valence-corrected chi connectivity index (χ3v) is 6.60. The Kier molecular flexibility index (Phi) is 8.13. The molecule has 3 aromatic rings. The topological polar surface area (TPSA) is 89.2 Å². The highest BCUT2D eigenvalue weighted by Crippen LogP contribution is 2.30. The van der Waals surface area contributed by atoms with E-state index in [1.165, 1.54) is 12.1 Å². The summed E-state index contributed by atoms with van der Waals surface area (Å²) < 4.78 is 32.8. The molecule has 1 aliphatic heterocycles. The van der Waals surface area contributed by atoms with E-state index in [2.05, 4.69) is 9.88 Å². The minimum absolute atomic E-state index is 0.0968. The van der Waals surface area contributed by atoms with Crippen molar-refractivity contribution in [2.24, 2.45) is 0 Å². The van der Waals surface area contributed by atoms with Crippen LogP contribution in [0.2, 0.25) is 0 Å². The number of halogens is 1. The maximum absolute atomic E-state index is 13.5. The largest absolute Gasteiger partial charge is 0.493 e. The predicted octanol–water partition coefficient (Wildman–Crippen LogP) is 3.10. The molecule has 0 aliphatic carbocycles. The quantitative estimate of drug-likeness (QED) is 0.443. The average molecular weight is 500 g/mol. The lowest BCUT2D eigenvalue weighted by molar-refractivity contribution is -0.140. The number of imidazole rings is 1. The summed E-state index contributed by atoms with van der Waals surface area (Å²) in [5.74, 6) is 2.36. The molecule has 1 aromatic heterocycles. The van der Waals surface area contributed by atoms with Crippen molar-refractivity contribution < 1.29 is 28.8 Å². The number of aromatic nitrogens is 2. The van der Waals surface area contributed by atoms with Gasteiger partial charge in [-0.1, -0.05) is 6.07 Å². The summed E-state index contributed by atoms with van der Waals surface area (Å²) >= 11 is 0. The Labute approximate surface area is 210 Å². The van der Waals surface area contributed by atoms with Crippen molar-refractivity contribution in [2.45, 2.75) is 45.1 Å². The van der Waals surface area contributed by atoms with Gasteiger partial charge in [-0.2, -0.15) is 0 Å². The number of hydrogen-bond acceptors (Lipinski definition) is 7. The lowest BCUT2D eigenvalue weighted by atomic mass is 9.90. The smallest absolute Gasteiger partial charge is 0.161 e. The van der Waals surface area contributed by atoms with E-state index in [1.54, 1.807) is 26.3 Å². The van der Waals surface area contributed by atoms with E-state index in [0.29, 0.717) is 55.5 Å². The number of hydrogen-bond donors (Lipinski definition) is 2. The Bertz CT molecular complexity index is 1170. The van der Waals surface area contributed by atoms with E-state index >= 15 is 0 Å². The van der Waals surface area contributed by atoms with Crippen LogP contribution in [-0.4, -0.2) is 69.8 Å². The molecule has 9 heteroatoms. The number of methoxy groups -OCH3 is 1. The Morgan fingerprint density at radius 2 is 1.97 bits per heavy atom. The van der Waals surface area contributed by atoms with Gasteiger partial charge < -0.3 is 29.0 Å². The number of likely N-dealkylation sites (tertiary alicyclic amines) is 1. The molecular weight excluding hydrogens is 465 g/mol. The lowest BCUT2D eigenvalue weighted by Gasteiger charge is -2.42. The van der Waals surface area contributed by atoms with Crippen molar-refractivity contribution in [3.63, 3.8) is 0 Å². The molecule has 8 nitrogen and oxygen atoms in total. The van der Waals surface area contributed by atoms with E-state index in [4.69, 9.17) is 14.2 Å². The number of aliphatic hydroxyl groups excluding tert-OH is 1. The van der Waals surface area contributed by atoms with Crippen molar-refractivity contribution in [1.82, 2.24) is 14.5 Å². The van der Waals surface area contributed by atoms with Crippen molar-refractivity contribution in [1.29, 1.82) is 0 Å². The maximum atomic E-state index is 13.5. The molecule has 0 bridgehead atoms. The molecular formula is C27H34FN3O5. The number of piperidine rings is 1. The van der Waals surface area contributed by atoms with Crippen LogP contribution in [0.15, 0.2) is 48.8 Å². The number of ether oxygens (including phenoxy) is 3. The van der Waals surface area contributed by atoms with E-state index in [-0.39, 0.29) is 19.0 Å². The summed E-state index contributed by atoms with van der Waals surface area (Å²) in [6.07, 6.45) is 3.17.